The maximum Gasteiger partial charge on any atom is 0.283 e. The molecule has 2 aromatic carbocycles. The lowest BCUT2D eigenvalue weighted by Crippen LogP contribution is -2.32. The van der Waals surface area contributed by atoms with Crippen LogP contribution in [-0.2, 0) is 9.59 Å². The molecular weight excluding hydrogens is 402 g/mol. The van der Waals surface area contributed by atoms with Crippen molar-refractivity contribution in [1.29, 1.82) is 0 Å². The fourth-order valence-corrected chi connectivity index (χ4v) is 3.90. The number of amidine groups is 1. The molecule has 0 aliphatic carbocycles. The third-order valence-electron chi connectivity index (χ3n) is 4.53. The molecule has 4 rings (SSSR count). The predicted molar refractivity (Wildman–Crippen MR) is 118 cm³/mol. The Balaban J connectivity index is 1.64. The number of hydrogen-bond acceptors (Lipinski definition) is 6. The molecule has 0 aromatic heterocycles. The van der Waals surface area contributed by atoms with Gasteiger partial charge in [-0.2, -0.15) is 0 Å². The van der Waals surface area contributed by atoms with Gasteiger partial charge in [-0.3, -0.25) is 14.5 Å². The molecule has 1 N–H and O–H groups in total. The molecule has 0 bridgehead atoms. The monoisotopic (exact) mass is 423 g/mol. The van der Waals surface area contributed by atoms with Crippen molar-refractivity contribution in [3.8, 4) is 11.5 Å². The second-order valence-electron chi connectivity index (χ2n) is 6.75. The number of ether oxygens (including phenoxy) is 2. The number of anilines is 1. The van der Waals surface area contributed by atoms with Crippen LogP contribution in [0.5, 0.6) is 11.5 Å². The lowest BCUT2D eigenvalue weighted by atomic mass is 10.1. The van der Waals surface area contributed by atoms with Crippen molar-refractivity contribution in [2.45, 2.75) is 13.8 Å². The van der Waals surface area contributed by atoms with Gasteiger partial charge in [0, 0.05) is 6.54 Å². The average Bonchev–Trinajstić information content (AvgIpc) is 3.32. The van der Waals surface area contributed by atoms with Crippen LogP contribution in [0.3, 0.4) is 0 Å². The summed E-state index contributed by atoms with van der Waals surface area (Å²) < 4.78 is 10.7. The summed E-state index contributed by atoms with van der Waals surface area (Å²) in [6.45, 7) is 4.60. The van der Waals surface area contributed by atoms with Gasteiger partial charge in [-0.15, -0.1) is 0 Å². The molecule has 0 atom stereocenters. The minimum Gasteiger partial charge on any atom is -0.454 e. The summed E-state index contributed by atoms with van der Waals surface area (Å²) in [5.74, 6) is 1.15. The molecule has 0 unspecified atom stereocenters. The zero-order valence-corrected chi connectivity index (χ0v) is 17.5. The standard InChI is InChI=1S/C22H21N3O4S/c1-3-23-20(26)12-30-22-24-17(10-15-6-9-18-19(11-15)29-13-28-18)21(27)25(22)16-7-4-14(2)5-8-16/h4-11H,3,12-13H2,1-2H3,(H,23,26). The first-order valence-electron chi connectivity index (χ1n) is 9.56. The fraction of sp³-hybridized carbons (Fsp3) is 0.227. The largest absolute Gasteiger partial charge is 0.454 e. The van der Waals surface area contributed by atoms with Gasteiger partial charge in [0.05, 0.1) is 11.4 Å². The molecule has 0 spiro atoms. The number of hydrogen-bond donors (Lipinski definition) is 1. The van der Waals surface area contributed by atoms with E-state index in [1.165, 1.54) is 11.8 Å². The number of thioether (sulfide) groups is 1. The lowest BCUT2D eigenvalue weighted by molar-refractivity contribution is -0.118. The normalized spacial score (nSPS) is 16.2. The Labute approximate surface area is 178 Å². The Morgan fingerprint density at radius 2 is 1.97 bits per heavy atom. The van der Waals surface area contributed by atoms with E-state index in [1.807, 2.05) is 50.2 Å². The zero-order chi connectivity index (χ0) is 21.1. The van der Waals surface area contributed by atoms with Crippen molar-refractivity contribution >= 4 is 40.5 Å². The number of carbonyl (C=O) groups is 2. The average molecular weight is 423 g/mol. The van der Waals surface area contributed by atoms with E-state index in [4.69, 9.17) is 9.47 Å². The molecule has 0 saturated heterocycles. The first-order chi connectivity index (χ1) is 14.5. The summed E-state index contributed by atoms with van der Waals surface area (Å²) in [5, 5.41) is 3.23. The summed E-state index contributed by atoms with van der Waals surface area (Å²) >= 11 is 1.23. The second-order valence-corrected chi connectivity index (χ2v) is 7.70. The van der Waals surface area contributed by atoms with E-state index in [9.17, 15) is 9.59 Å². The van der Waals surface area contributed by atoms with E-state index in [0.29, 0.717) is 34.6 Å². The van der Waals surface area contributed by atoms with E-state index >= 15 is 0 Å². The van der Waals surface area contributed by atoms with Gasteiger partial charge in [0.2, 0.25) is 12.7 Å². The van der Waals surface area contributed by atoms with E-state index in [0.717, 1.165) is 11.1 Å². The molecule has 0 saturated carbocycles. The molecule has 7 nitrogen and oxygen atoms in total. The van der Waals surface area contributed by atoms with Crippen LogP contribution in [-0.4, -0.2) is 36.1 Å². The van der Waals surface area contributed by atoms with E-state index in [-0.39, 0.29) is 24.4 Å². The van der Waals surface area contributed by atoms with Crippen LogP contribution in [0.15, 0.2) is 53.2 Å². The van der Waals surface area contributed by atoms with Crippen molar-refractivity contribution in [3.05, 3.63) is 59.3 Å². The number of fused-ring (bicyclic) bond motifs is 1. The van der Waals surface area contributed by atoms with Crippen LogP contribution in [0.1, 0.15) is 18.1 Å². The highest BCUT2D eigenvalue weighted by atomic mass is 32.2. The van der Waals surface area contributed by atoms with Gasteiger partial charge in [0.15, 0.2) is 16.7 Å². The first-order valence-corrected chi connectivity index (χ1v) is 10.5. The molecule has 30 heavy (non-hydrogen) atoms. The second kappa shape index (κ2) is 8.62. The molecule has 0 radical (unpaired) electrons. The van der Waals surface area contributed by atoms with E-state index in [2.05, 4.69) is 10.3 Å². The highest BCUT2D eigenvalue weighted by molar-refractivity contribution is 8.14. The van der Waals surface area contributed by atoms with Crippen molar-refractivity contribution in [3.63, 3.8) is 0 Å². The van der Waals surface area contributed by atoms with Crippen molar-refractivity contribution in [1.82, 2.24) is 5.32 Å². The number of amides is 2. The molecule has 2 aliphatic rings. The summed E-state index contributed by atoms with van der Waals surface area (Å²) in [5.41, 5.74) is 2.88. The maximum absolute atomic E-state index is 13.2. The van der Waals surface area contributed by atoms with E-state index < -0.39 is 0 Å². The summed E-state index contributed by atoms with van der Waals surface area (Å²) in [6, 6.07) is 13.1. The third kappa shape index (κ3) is 4.18. The van der Waals surface area contributed by atoms with Gasteiger partial charge in [-0.1, -0.05) is 35.5 Å². The van der Waals surface area contributed by atoms with E-state index in [1.54, 1.807) is 17.0 Å². The van der Waals surface area contributed by atoms with Crippen LogP contribution in [0.2, 0.25) is 0 Å². The number of nitrogens with one attached hydrogen (secondary N) is 1. The van der Waals surface area contributed by atoms with Gasteiger partial charge in [0.25, 0.3) is 5.91 Å². The maximum atomic E-state index is 13.2. The lowest BCUT2D eigenvalue weighted by Gasteiger charge is -2.17. The van der Waals surface area contributed by atoms with Crippen molar-refractivity contribution < 1.29 is 19.1 Å². The molecule has 0 fully saturated rings. The number of rotatable bonds is 5. The highest BCUT2D eigenvalue weighted by Gasteiger charge is 2.32. The summed E-state index contributed by atoms with van der Waals surface area (Å²) in [7, 11) is 0. The Kier molecular flexibility index (Phi) is 5.76. The van der Waals surface area contributed by atoms with Gasteiger partial charge in [0.1, 0.15) is 5.70 Å². The van der Waals surface area contributed by atoms with Crippen LogP contribution in [0.4, 0.5) is 5.69 Å². The number of nitrogens with zero attached hydrogens (tertiary/aromatic N) is 2. The number of carbonyl (C=O) groups excluding carboxylic acids is 2. The molecule has 8 heteroatoms. The molecule has 2 aromatic rings. The Bertz CT molecular complexity index is 1050. The number of aliphatic imine (C=N–C) groups is 1. The smallest absolute Gasteiger partial charge is 0.283 e. The summed E-state index contributed by atoms with van der Waals surface area (Å²) in [6.07, 6.45) is 1.71. The number of benzene rings is 2. The van der Waals surface area contributed by atoms with Gasteiger partial charge < -0.3 is 14.8 Å². The molecule has 2 heterocycles. The predicted octanol–water partition coefficient (Wildman–Crippen LogP) is 3.34. The molecule has 2 amide bonds. The van der Waals surface area contributed by atoms with Crippen LogP contribution in [0.25, 0.3) is 6.08 Å². The quantitative estimate of drug-likeness (QED) is 0.746. The zero-order valence-electron chi connectivity index (χ0n) is 16.7. The Morgan fingerprint density at radius 3 is 2.73 bits per heavy atom. The first kappa shape index (κ1) is 20.0. The SMILES string of the molecule is CCNC(=O)CSC1=NC(=Cc2ccc3c(c2)OCO3)C(=O)N1c1ccc(C)cc1. The minimum atomic E-state index is -0.241. The topological polar surface area (TPSA) is 80.2 Å². The highest BCUT2D eigenvalue weighted by Crippen LogP contribution is 2.34. The van der Waals surface area contributed by atoms with Gasteiger partial charge >= 0.3 is 0 Å². The van der Waals surface area contributed by atoms with Crippen LogP contribution in [0, 0.1) is 6.92 Å². The molecule has 154 valence electrons. The molecule has 2 aliphatic heterocycles. The number of aryl methyl sites for hydroxylation is 1. The van der Waals surface area contributed by atoms with Crippen molar-refractivity contribution in [2.75, 3.05) is 24.0 Å². The summed E-state index contributed by atoms with van der Waals surface area (Å²) in [4.78, 5) is 31.2. The fourth-order valence-electron chi connectivity index (χ4n) is 3.05. The third-order valence-corrected chi connectivity index (χ3v) is 5.47. The van der Waals surface area contributed by atoms with Gasteiger partial charge in [-0.05, 0) is 49.8 Å². The van der Waals surface area contributed by atoms with Crippen LogP contribution < -0.4 is 19.7 Å². The Morgan fingerprint density at radius 1 is 1.20 bits per heavy atom. The van der Waals surface area contributed by atoms with Crippen LogP contribution >= 0.6 is 11.8 Å². The molecular formula is C22H21N3O4S. The van der Waals surface area contributed by atoms with Gasteiger partial charge in [-0.25, -0.2) is 4.99 Å². The Hall–Kier alpha value is -3.26. The minimum absolute atomic E-state index is 0.102. The van der Waals surface area contributed by atoms with Crippen molar-refractivity contribution in [2.24, 2.45) is 4.99 Å².